The van der Waals surface area contributed by atoms with Gasteiger partial charge >= 0.3 is 5.97 Å². The Kier molecular flexibility index (Phi) is 7.35. The van der Waals surface area contributed by atoms with Crippen LogP contribution in [0.1, 0.15) is 22.8 Å². The number of rotatable bonds is 7. The van der Waals surface area contributed by atoms with Crippen molar-refractivity contribution < 1.29 is 19.1 Å². The molecule has 0 aromatic heterocycles. The van der Waals surface area contributed by atoms with Gasteiger partial charge in [0, 0.05) is 22.3 Å². The number of benzene rings is 2. The molecule has 0 bridgehead atoms. The topological polar surface area (TPSA) is 84.5 Å². The lowest BCUT2D eigenvalue weighted by atomic mass is 10.2. The van der Waals surface area contributed by atoms with Crippen LogP contribution in [0.4, 0.5) is 5.69 Å². The van der Waals surface area contributed by atoms with E-state index < -0.39 is 11.9 Å². The fourth-order valence-corrected chi connectivity index (χ4v) is 2.43. The number of carbonyl (C=O) groups excluding carboxylic acids is 3. The zero-order chi connectivity index (χ0) is 18.9. The number of amides is 2. The maximum atomic E-state index is 11.9. The molecule has 2 amide bonds. The molecule has 0 unspecified atom stereocenters. The molecule has 0 saturated carbocycles. The number of nitrogens with one attached hydrogen (secondary N) is 2. The molecule has 0 saturated heterocycles. The van der Waals surface area contributed by atoms with Crippen LogP contribution >= 0.6 is 15.9 Å². The summed E-state index contributed by atoms with van der Waals surface area (Å²) in [6.07, 6.45) is 0.0905. The lowest BCUT2D eigenvalue weighted by molar-refractivity contribution is -0.146. The lowest BCUT2D eigenvalue weighted by Crippen LogP contribution is -2.24. The van der Waals surface area contributed by atoms with Crippen LogP contribution < -0.4 is 10.6 Å². The Morgan fingerprint density at radius 1 is 1.08 bits per heavy atom. The zero-order valence-electron chi connectivity index (χ0n) is 14.3. The maximum Gasteiger partial charge on any atom is 0.310 e. The SMILES string of the molecule is CCNC(=O)c1cccc(NC(=O)COC(=O)Cc2ccc(Br)cc2)c1. The smallest absolute Gasteiger partial charge is 0.310 e. The second-order valence-electron chi connectivity index (χ2n) is 5.45. The van der Waals surface area contributed by atoms with Crippen molar-refractivity contribution in [3.63, 3.8) is 0 Å². The summed E-state index contributed by atoms with van der Waals surface area (Å²) in [5.41, 5.74) is 1.70. The summed E-state index contributed by atoms with van der Waals surface area (Å²) in [5, 5.41) is 5.29. The average Bonchev–Trinajstić information content (AvgIpc) is 2.62. The third-order valence-electron chi connectivity index (χ3n) is 3.37. The molecule has 0 heterocycles. The Labute approximate surface area is 160 Å². The molecule has 0 radical (unpaired) electrons. The number of hydrogen-bond acceptors (Lipinski definition) is 4. The van der Waals surface area contributed by atoms with Crippen LogP contribution in [0.2, 0.25) is 0 Å². The summed E-state index contributed by atoms with van der Waals surface area (Å²) in [7, 11) is 0. The van der Waals surface area contributed by atoms with Gasteiger partial charge in [0.15, 0.2) is 6.61 Å². The predicted molar refractivity (Wildman–Crippen MR) is 102 cm³/mol. The minimum Gasteiger partial charge on any atom is -0.455 e. The van der Waals surface area contributed by atoms with E-state index in [9.17, 15) is 14.4 Å². The summed E-state index contributed by atoms with van der Waals surface area (Å²) < 4.78 is 5.90. The quantitative estimate of drug-likeness (QED) is 0.676. The highest BCUT2D eigenvalue weighted by Crippen LogP contribution is 2.12. The molecule has 26 heavy (non-hydrogen) atoms. The molecule has 0 fully saturated rings. The van der Waals surface area contributed by atoms with Gasteiger partial charge in [-0.2, -0.15) is 0 Å². The fourth-order valence-electron chi connectivity index (χ4n) is 2.16. The summed E-state index contributed by atoms with van der Waals surface area (Å²) in [4.78, 5) is 35.5. The molecular formula is C19H19BrN2O4. The predicted octanol–water partition coefficient (Wildman–Crippen LogP) is 2.92. The highest BCUT2D eigenvalue weighted by atomic mass is 79.9. The Morgan fingerprint density at radius 2 is 1.81 bits per heavy atom. The number of carbonyl (C=O) groups is 3. The standard InChI is InChI=1S/C19H19BrN2O4/c1-2-21-19(25)14-4-3-5-16(11-14)22-17(23)12-26-18(24)10-13-6-8-15(20)9-7-13/h3-9,11H,2,10,12H2,1H3,(H,21,25)(H,22,23). The van der Waals surface area contributed by atoms with Gasteiger partial charge in [-0.1, -0.05) is 34.1 Å². The fraction of sp³-hybridized carbons (Fsp3) is 0.211. The van der Waals surface area contributed by atoms with Crippen LogP contribution in [-0.4, -0.2) is 30.9 Å². The van der Waals surface area contributed by atoms with Gasteiger partial charge in [-0.3, -0.25) is 14.4 Å². The minimum absolute atomic E-state index is 0.0905. The first-order chi connectivity index (χ1) is 12.5. The van der Waals surface area contributed by atoms with Crippen molar-refractivity contribution in [1.82, 2.24) is 5.32 Å². The van der Waals surface area contributed by atoms with Gasteiger partial charge in [0.25, 0.3) is 11.8 Å². The van der Waals surface area contributed by atoms with E-state index in [1.165, 1.54) is 0 Å². The monoisotopic (exact) mass is 418 g/mol. The molecule has 136 valence electrons. The number of hydrogen-bond donors (Lipinski definition) is 2. The summed E-state index contributed by atoms with van der Waals surface area (Å²) in [6, 6.07) is 13.8. The highest BCUT2D eigenvalue weighted by Gasteiger charge is 2.10. The van der Waals surface area contributed by atoms with Gasteiger partial charge in [0.05, 0.1) is 6.42 Å². The highest BCUT2D eigenvalue weighted by molar-refractivity contribution is 9.10. The van der Waals surface area contributed by atoms with Crippen LogP contribution in [0.15, 0.2) is 53.0 Å². The summed E-state index contributed by atoms with van der Waals surface area (Å²) in [6.45, 7) is 1.95. The number of anilines is 1. The zero-order valence-corrected chi connectivity index (χ0v) is 15.8. The van der Waals surface area contributed by atoms with Gasteiger partial charge in [0.2, 0.25) is 0 Å². The van der Waals surface area contributed by atoms with E-state index in [4.69, 9.17) is 4.74 Å². The van der Waals surface area contributed by atoms with E-state index in [1.807, 2.05) is 19.1 Å². The van der Waals surface area contributed by atoms with Gasteiger partial charge in [-0.15, -0.1) is 0 Å². The van der Waals surface area contributed by atoms with Crippen LogP contribution in [-0.2, 0) is 20.7 Å². The van der Waals surface area contributed by atoms with Crippen molar-refractivity contribution in [2.45, 2.75) is 13.3 Å². The number of ether oxygens (including phenoxy) is 1. The summed E-state index contributed by atoms with van der Waals surface area (Å²) in [5.74, 6) is -1.18. The molecule has 2 aromatic rings. The Balaban J connectivity index is 1.83. The van der Waals surface area contributed by atoms with E-state index in [2.05, 4.69) is 26.6 Å². The molecule has 2 aromatic carbocycles. The largest absolute Gasteiger partial charge is 0.455 e. The van der Waals surface area contributed by atoms with E-state index >= 15 is 0 Å². The number of halogens is 1. The van der Waals surface area contributed by atoms with Crippen LogP contribution in [0, 0.1) is 0 Å². The molecule has 0 atom stereocenters. The molecule has 0 aliphatic heterocycles. The van der Waals surface area contributed by atoms with E-state index in [0.29, 0.717) is 17.8 Å². The molecule has 0 aliphatic rings. The van der Waals surface area contributed by atoms with Crippen molar-refractivity contribution in [3.05, 3.63) is 64.1 Å². The van der Waals surface area contributed by atoms with Gasteiger partial charge in [-0.25, -0.2) is 0 Å². The normalized spacial score (nSPS) is 10.1. The Bertz CT molecular complexity index is 790. The van der Waals surface area contributed by atoms with Crippen molar-refractivity contribution in [2.75, 3.05) is 18.5 Å². The van der Waals surface area contributed by atoms with Crippen LogP contribution in [0.25, 0.3) is 0 Å². The Hall–Kier alpha value is -2.67. The summed E-state index contributed by atoms with van der Waals surface area (Å²) >= 11 is 3.32. The molecular weight excluding hydrogens is 400 g/mol. The molecule has 7 heteroatoms. The molecule has 2 N–H and O–H groups in total. The molecule has 2 rings (SSSR count). The van der Waals surface area contributed by atoms with E-state index in [-0.39, 0.29) is 18.9 Å². The molecule has 0 aliphatic carbocycles. The lowest BCUT2D eigenvalue weighted by Gasteiger charge is -2.08. The first kappa shape index (κ1) is 19.7. The van der Waals surface area contributed by atoms with Crippen molar-refractivity contribution >= 4 is 39.4 Å². The van der Waals surface area contributed by atoms with Gasteiger partial charge < -0.3 is 15.4 Å². The first-order valence-corrected chi connectivity index (χ1v) is 8.85. The Morgan fingerprint density at radius 3 is 2.50 bits per heavy atom. The third kappa shape index (κ3) is 6.33. The van der Waals surface area contributed by atoms with Gasteiger partial charge in [0.1, 0.15) is 0 Å². The van der Waals surface area contributed by atoms with Crippen LogP contribution in [0.5, 0.6) is 0 Å². The van der Waals surface area contributed by atoms with E-state index in [1.54, 1.807) is 36.4 Å². The average molecular weight is 419 g/mol. The molecule has 0 spiro atoms. The van der Waals surface area contributed by atoms with E-state index in [0.717, 1.165) is 10.0 Å². The number of esters is 1. The van der Waals surface area contributed by atoms with Crippen LogP contribution in [0.3, 0.4) is 0 Å². The molecule has 6 nitrogen and oxygen atoms in total. The maximum absolute atomic E-state index is 11.9. The van der Waals surface area contributed by atoms with Crippen molar-refractivity contribution in [2.24, 2.45) is 0 Å². The van der Waals surface area contributed by atoms with Gasteiger partial charge in [-0.05, 0) is 42.8 Å². The third-order valence-corrected chi connectivity index (χ3v) is 3.90. The minimum atomic E-state index is -0.487. The second kappa shape index (κ2) is 9.72. The second-order valence-corrected chi connectivity index (χ2v) is 6.37. The first-order valence-electron chi connectivity index (χ1n) is 8.06. The van der Waals surface area contributed by atoms with Crippen molar-refractivity contribution in [3.8, 4) is 0 Å². The van der Waals surface area contributed by atoms with Crippen molar-refractivity contribution in [1.29, 1.82) is 0 Å².